The highest BCUT2D eigenvalue weighted by Gasteiger charge is 2.24. The van der Waals surface area contributed by atoms with Gasteiger partial charge in [0.25, 0.3) is 0 Å². The van der Waals surface area contributed by atoms with Gasteiger partial charge in [-0.05, 0) is 54.2 Å². The first-order valence-corrected chi connectivity index (χ1v) is 9.80. The number of likely N-dealkylation sites (tertiary alicyclic amines) is 1. The number of hydrogen-bond acceptors (Lipinski definition) is 2. The lowest BCUT2D eigenvalue weighted by Gasteiger charge is -2.39. The minimum absolute atomic E-state index is 0.305. The van der Waals surface area contributed by atoms with Crippen LogP contribution in [0, 0.1) is 12.8 Å². The van der Waals surface area contributed by atoms with Gasteiger partial charge in [0.1, 0.15) is 0 Å². The molecule has 1 heterocycles. The van der Waals surface area contributed by atoms with E-state index >= 15 is 0 Å². The van der Waals surface area contributed by atoms with E-state index in [1.54, 1.807) is 0 Å². The molecule has 1 aliphatic heterocycles. The Hall–Kier alpha value is -1.51. The van der Waals surface area contributed by atoms with Crippen LogP contribution in [0.2, 0.25) is 5.02 Å². The van der Waals surface area contributed by atoms with E-state index in [1.165, 1.54) is 36.3 Å². The number of hydrogen-bond donors (Lipinski definition) is 1. The van der Waals surface area contributed by atoms with Crippen LogP contribution in [0.3, 0.4) is 0 Å². The van der Waals surface area contributed by atoms with Gasteiger partial charge in [0, 0.05) is 30.3 Å². The summed E-state index contributed by atoms with van der Waals surface area (Å²) < 4.78 is 0. The third kappa shape index (κ3) is 4.56. The topological polar surface area (TPSA) is 15.3 Å². The van der Waals surface area contributed by atoms with E-state index in [0.29, 0.717) is 6.04 Å². The van der Waals surface area contributed by atoms with Crippen LogP contribution in [0.15, 0.2) is 42.5 Å². The molecule has 0 unspecified atom stereocenters. The summed E-state index contributed by atoms with van der Waals surface area (Å²) in [5, 5.41) is 4.53. The molecule has 0 bridgehead atoms. The van der Waals surface area contributed by atoms with Gasteiger partial charge in [0.15, 0.2) is 0 Å². The molecule has 0 radical (unpaired) electrons. The van der Waals surface area contributed by atoms with Gasteiger partial charge in [-0.1, -0.05) is 56.1 Å². The SMILES string of the molecule is CCC1CN(Cc2cccc(N[C@H](CC)c3ccc(Cl)c(C)c3)c2)C1. The number of halogens is 1. The average Bonchev–Trinajstić information content (AvgIpc) is 2.58. The number of anilines is 1. The Morgan fingerprint density at radius 2 is 1.96 bits per heavy atom. The Bertz CT molecular complexity index is 707. The molecule has 134 valence electrons. The van der Waals surface area contributed by atoms with Crippen molar-refractivity contribution in [3.63, 3.8) is 0 Å². The predicted molar refractivity (Wildman–Crippen MR) is 108 cm³/mol. The van der Waals surface area contributed by atoms with Crippen LogP contribution in [0.25, 0.3) is 0 Å². The number of rotatable bonds is 7. The fourth-order valence-corrected chi connectivity index (χ4v) is 3.71. The number of benzene rings is 2. The predicted octanol–water partition coefficient (Wildman–Crippen LogP) is 6.05. The molecular formula is C22H29ClN2. The second kappa shape index (κ2) is 8.25. The van der Waals surface area contributed by atoms with Crippen molar-refractivity contribution in [1.29, 1.82) is 0 Å². The summed E-state index contributed by atoms with van der Waals surface area (Å²) in [4.78, 5) is 2.53. The summed E-state index contributed by atoms with van der Waals surface area (Å²) in [5.41, 5.74) is 5.02. The normalized spacial score (nSPS) is 16.5. The highest BCUT2D eigenvalue weighted by Crippen LogP contribution is 2.27. The molecule has 3 heteroatoms. The first kappa shape index (κ1) is 18.3. The molecule has 0 spiro atoms. The van der Waals surface area contributed by atoms with Gasteiger partial charge in [-0.3, -0.25) is 4.90 Å². The van der Waals surface area contributed by atoms with Gasteiger partial charge in [0.05, 0.1) is 6.04 Å². The summed E-state index contributed by atoms with van der Waals surface area (Å²) >= 11 is 6.17. The molecular weight excluding hydrogens is 328 g/mol. The van der Waals surface area contributed by atoms with Crippen molar-refractivity contribution in [3.8, 4) is 0 Å². The van der Waals surface area contributed by atoms with Crippen molar-refractivity contribution in [2.45, 2.75) is 46.2 Å². The molecule has 0 saturated carbocycles. The summed E-state index contributed by atoms with van der Waals surface area (Å²) in [7, 11) is 0. The van der Waals surface area contributed by atoms with E-state index in [-0.39, 0.29) is 0 Å². The van der Waals surface area contributed by atoms with Gasteiger partial charge in [0.2, 0.25) is 0 Å². The lowest BCUT2D eigenvalue weighted by Crippen LogP contribution is -2.45. The lowest BCUT2D eigenvalue weighted by molar-refractivity contribution is 0.0899. The Balaban J connectivity index is 1.66. The molecule has 0 aliphatic carbocycles. The van der Waals surface area contributed by atoms with Crippen molar-refractivity contribution < 1.29 is 0 Å². The fraction of sp³-hybridized carbons (Fsp3) is 0.455. The molecule has 1 N–H and O–H groups in total. The zero-order valence-corrected chi connectivity index (χ0v) is 16.3. The van der Waals surface area contributed by atoms with E-state index in [9.17, 15) is 0 Å². The van der Waals surface area contributed by atoms with Gasteiger partial charge >= 0.3 is 0 Å². The summed E-state index contributed by atoms with van der Waals surface area (Å²) in [6.45, 7) is 10.1. The minimum atomic E-state index is 0.305. The van der Waals surface area contributed by atoms with Crippen LogP contribution in [-0.4, -0.2) is 18.0 Å². The zero-order chi connectivity index (χ0) is 17.8. The average molecular weight is 357 g/mol. The molecule has 1 aliphatic rings. The van der Waals surface area contributed by atoms with E-state index in [1.807, 2.05) is 6.07 Å². The molecule has 1 saturated heterocycles. The molecule has 3 rings (SSSR count). The van der Waals surface area contributed by atoms with Crippen LogP contribution in [0.4, 0.5) is 5.69 Å². The summed E-state index contributed by atoms with van der Waals surface area (Å²) in [6, 6.07) is 15.5. The molecule has 0 aromatic heterocycles. The molecule has 1 fully saturated rings. The second-order valence-corrected chi connectivity index (χ2v) is 7.69. The van der Waals surface area contributed by atoms with Crippen LogP contribution >= 0.6 is 11.6 Å². The quantitative estimate of drug-likeness (QED) is 0.649. The maximum atomic E-state index is 6.17. The van der Waals surface area contributed by atoms with Gasteiger partial charge in [-0.15, -0.1) is 0 Å². The Morgan fingerprint density at radius 3 is 2.64 bits per heavy atom. The number of nitrogens with zero attached hydrogens (tertiary/aromatic N) is 1. The standard InChI is InChI=1S/C22H29ClN2/c1-4-17-13-25(14-17)15-18-7-6-8-20(12-18)24-22(5-2)19-9-10-21(23)16(3)11-19/h6-12,17,22,24H,4-5,13-15H2,1-3H3/t22-/m1/s1. The van der Waals surface area contributed by atoms with E-state index in [0.717, 1.165) is 29.5 Å². The third-order valence-corrected chi connectivity index (χ3v) is 5.70. The van der Waals surface area contributed by atoms with Crippen molar-refractivity contribution in [2.24, 2.45) is 5.92 Å². The Labute approximate surface area is 157 Å². The third-order valence-electron chi connectivity index (χ3n) is 5.28. The van der Waals surface area contributed by atoms with Crippen LogP contribution in [0.1, 0.15) is 49.4 Å². The summed E-state index contributed by atoms with van der Waals surface area (Å²) in [6.07, 6.45) is 2.34. The van der Waals surface area contributed by atoms with Crippen molar-refractivity contribution >= 4 is 17.3 Å². The highest BCUT2D eigenvalue weighted by atomic mass is 35.5. The van der Waals surface area contributed by atoms with Gasteiger partial charge < -0.3 is 5.32 Å². The molecule has 0 amide bonds. The first-order valence-electron chi connectivity index (χ1n) is 9.43. The van der Waals surface area contributed by atoms with E-state index in [2.05, 4.69) is 67.4 Å². The first-order chi connectivity index (χ1) is 12.1. The number of aryl methyl sites for hydroxylation is 1. The van der Waals surface area contributed by atoms with E-state index < -0.39 is 0 Å². The maximum Gasteiger partial charge on any atom is 0.0511 e. The maximum absolute atomic E-state index is 6.17. The van der Waals surface area contributed by atoms with E-state index in [4.69, 9.17) is 11.6 Å². The Kier molecular flexibility index (Phi) is 6.03. The van der Waals surface area contributed by atoms with Crippen LogP contribution in [0.5, 0.6) is 0 Å². The Morgan fingerprint density at radius 1 is 1.16 bits per heavy atom. The fourth-order valence-electron chi connectivity index (χ4n) is 3.59. The van der Waals surface area contributed by atoms with Crippen molar-refractivity contribution in [1.82, 2.24) is 4.90 Å². The van der Waals surface area contributed by atoms with Crippen LogP contribution < -0.4 is 5.32 Å². The molecule has 2 aromatic rings. The van der Waals surface area contributed by atoms with Crippen molar-refractivity contribution in [2.75, 3.05) is 18.4 Å². The zero-order valence-electron chi connectivity index (χ0n) is 15.6. The number of nitrogens with one attached hydrogen (secondary N) is 1. The minimum Gasteiger partial charge on any atom is -0.378 e. The monoisotopic (exact) mass is 356 g/mol. The van der Waals surface area contributed by atoms with Crippen LogP contribution in [-0.2, 0) is 6.54 Å². The van der Waals surface area contributed by atoms with Crippen molar-refractivity contribution in [3.05, 3.63) is 64.2 Å². The molecule has 2 nitrogen and oxygen atoms in total. The largest absolute Gasteiger partial charge is 0.378 e. The van der Waals surface area contributed by atoms with Gasteiger partial charge in [-0.2, -0.15) is 0 Å². The smallest absolute Gasteiger partial charge is 0.0511 e. The molecule has 2 aromatic carbocycles. The van der Waals surface area contributed by atoms with Gasteiger partial charge in [-0.25, -0.2) is 0 Å². The second-order valence-electron chi connectivity index (χ2n) is 7.28. The lowest BCUT2D eigenvalue weighted by atomic mass is 9.96. The molecule has 25 heavy (non-hydrogen) atoms. The highest BCUT2D eigenvalue weighted by molar-refractivity contribution is 6.31. The summed E-state index contributed by atoms with van der Waals surface area (Å²) in [5.74, 6) is 0.902. The molecule has 1 atom stereocenters.